The molecule has 1 atom stereocenters. The highest BCUT2D eigenvalue weighted by Gasteiger charge is 2.37. The molecular formula is C13H20N2O2. The van der Waals surface area contributed by atoms with E-state index in [0.717, 1.165) is 38.1 Å². The monoisotopic (exact) mass is 236 g/mol. The first-order valence-electron chi connectivity index (χ1n) is 6.28. The molecule has 0 spiro atoms. The second-order valence-corrected chi connectivity index (χ2v) is 4.68. The lowest BCUT2D eigenvalue weighted by Gasteiger charge is -2.35. The van der Waals surface area contributed by atoms with Gasteiger partial charge in [-0.15, -0.1) is 0 Å². The molecule has 0 saturated carbocycles. The first-order valence-corrected chi connectivity index (χ1v) is 6.28. The molecule has 2 rings (SSSR count). The first kappa shape index (κ1) is 12.2. The van der Waals surface area contributed by atoms with Gasteiger partial charge in [0.1, 0.15) is 5.76 Å². The van der Waals surface area contributed by atoms with Gasteiger partial charge in [-0.05, 0) is 37.9 Å². The van der Waals surface area contributed by atoms with Gasteiger partial charge in [-0.3, -0.25) is 4.79 Å². The van der Waals surface area contributed by atoms with Crippen molar-refractivity contribution in [2.45, 2.75) is 32.7 Å². The lowest BCUT2D eigenvalue weighted by atomic mass is 9.77. The van der Waals surface area contributed by atoms with E-state index >= 15 is 0 Å². The summed E-state index contributed by atoms with van der Waals surface area (Å²) in [5.74, 6) is 0.942. The van der Waals surface area contributed by atoms with Crippen LogP contribution in [0.3, 0.4) is 0 Å². The third-order valence-electron chi connectivity index (χ3n) is 3.63. The third-order valence-corrected chi connectivity index (χ3v) is 3.63. The molecule has 1 amide bonds. The summed E-state index contributed by atoms with van der Waals surface area (Å²) in [6, 6.07) is 3.71. The summed E-state index contributed by atoms with van der Waals surface area (Å²) in [5.41, 5.74) is -0.231. The van der Waals surface area contributed by atoms with Gasteiger partial charge in [-0.2, -0.15) is 0 Å². The van der Waals surface area contributed by atoms with Crippen molar-refractivity contribution >= 4 is 5.91 Å². The van der Waals surface area contributed by atoms with Gasteiger partial charge in [0.25, 0.3) is 0 Å². The third kappa shape index (κ3) is 2.69. The minimum Gasteiger partial charge on any atom is -0.467 e. The average Bonchev–Trinajstić information content (AvgIpc) is 2.90. The molecule has 1 unspecified atom stereocenters. The van der Waals surface area contributed by atoms with E-state index in [1.54, 1.807) is 6.26 Å². The Hall–Kier alpha value is -1.29. The predicted octanol–water partition coefficient (Wildman–Crippen LogP) is 1.68. The van der Waals surface area contributed by atoms with Crippen LogP contribution in [-0.2, 0) is 11.3 Å². The molecular weight excluding hydrogens is 216 g/mol. The van der Waals surface area contributed by atoms with Crippen LogP contribution < -0.4 is 10.6 Å². The zero-order valence-electron chi connectivity index (χ0n) is 10.3. The van der Waals surface area contributed by atoms with Crippen LogP contribution in [0.25, 0.3) is 0 Å². The number of piperidine rings is 1. The first-order chi connectivity index (χ1) is 8.27. The van der Waals surface area contributed by atoms with Crippen molar-refractivity contribution in [1.82, 2.24) is 10.6 Å². The molecule has 4 nitrogen and oxygen atoms in total. The fourth-order valence-electron chi connectivity index (χ4n) is 2.39. The average molecular weight is 236 g/mol. The topological polar surface area (TPSA) is 54.3 Å². The molecule has 94 valence electrons. The van der Waals surface area contributed by atoms with Gasteiger partial charge >= 0.3 is 0 Å². The van der Waals surface area contributed by atoms with Crippen LogP contribution in [0.4, 0.5) is 0 Å². The Bertz CT molecular complexity index is 354. The minimum absolute atomic E-state index is 0.142. The van der Waals surface area contributed by atoms with Crippen molar-refractivity contribution in [3.63, 3.8) is 0 Å². The molecule has 0 aliphatic carbocycles. The quantitative estimate of drug-likeness (QED) is 0.836. The fraction of sp³-hybridized carbons (Fsp3) is 0.615. The Balaban J connectivity index is 1.93. The van der Waals surface area contributed by atoms with Gasteiger partial charge < -0.3 is 15.1 Å². The Morgan fingerprint density at radius 1 is 1.65 bits per heavy atom. The molecule has 1 aromatic rings. The summed E-state index contributed by atoms with van der Waals surface area (Å²) in [6.45, 7) is 4.37. The maximum absolute atomic E-state index is 12.3. The molecule has 0 radical (unpaired) electrons. The Labute approximate surface area is 102 Å². The summed E-state index contributed by atoms with van der Waals surface area (Å²) in [6.07, 6.45) is 4.55. The molecule has 2 heterocycles. The molecule has 1 aliphatic rings. The second kappa shape index (κ2) is 5.36. The normalized spacial score (nSPS) is 24.5. The molecule has 0 bridgehead atoms. The van der Waals surface area contributed by atoms with E-state index in [0.29, 0.717) is 6.54 Å². The fourth-order valence-corrected chi connectivity index (χ4v) is 2.39. The summed E-state index contributed by atoms with van der Waals surface area (Å²) in [4.78, 5) is 12.3. The van der Waals surface area contributed by atoms with Gasteiger partial charge in [-0.1, -0.05) is 6.92 Å². The highest BCUT2D eigenvalue weighted by Crippen LogP contribution is 2.30. The molecule has 2 N–H and O–H groups in total. The van der Waals surface area contributed by atoms with Gasteiger partial charge in [0.15, 0.2) is 0 Å². The van der Waals surface area contributed by atoms with E-state index in [-0.39, 0.29) is 11.3 Å². The lowest BCUT2D eigenvalue weighted by molar-refractivity contribution is -0.132. The van der Waals surface area contributed by atoms with Crippen LogP contribution in [0.5, 0.6) is 0 Å². The smallest absolute Gasteiger partial charge is 0.227 e. The number of rotatable bonds is 4. The predicted molar refractivity (Wildman–Crippen MR) is 65.4 cm³/mol. The molecule has 1 fully saturated rings. The molecule has 17 heavy (non-hydrogen) atoms. The lowest BCUT2D eigenvalue weighted by Crippen LogP contribution is -2.49. The summed E-state index contributed by atoms with van der Waals surface area (Å²) < 4.78 is 5.21. The molecule has 1 saturated heterocycles. The molecule has 1 aromatic heterocycles. The number of furan rings is 1. The summed E-state index contributed by atoms with van der Waals surface area (Å²) in [5, 5.41) is 6.29. The van der Waals surface area contributed by atoms with Crippen molar-refractivity contribution in [1.29, 1.82) is 0 Å². The summed E-state index contributed by atoms with van der Waals surface area (Å²) >= 11 is 0. The Morgan fingerprint density at radius 2 is 2.53 bits per heavy atom. The number of nitrogens with one attached hydrogen (secondary N) is 2. The second-order valence-electron chi connectivity index (χ2n) is 4.68. The van der Waals surface area contributed by atoms with Gasteiger partial charge in [-0.25, -0.2) is 0 Å². The van der Waals surface area contributed by atoms with E-state index in [2.05, 4.69) is 17.6 Å². The van der Waals surface area contributed by atoms with Crippen LogP contribution in [0.2, 0.25) is 0 Å². The van der Waals surface area contributed by atoms with Crippen molar-refractivity contribution in [3.8, 4) is 0 Å². The van der Waals surface area contributed by atoms with Gasteiger partial charge in [0.05, 0.1) is 18.2 Å². The number of carbonyl (C=O) groups is 1. The van der Waals surface area contributed by atoms with Crippen molar-refractivity contribution < 1.29 is 9.21 Å². The Morgan fingerprint density at radius 3 is 3.12 bits per heavy atom. The standard InChI is InChI=1S/C13H20N2O2/c1-2-13(6-4-7-14-10-13)12(16)15-9-11-5-3-8-17-11/h3,5,8,14H,2,4,6-7,9-10H2,1H3,(H,15,16). The zero-order chi connectivity index (χ0) is 12.1. The Kier molecular flexibility index (Phi) is 3.84. The molecule has 4 heteroatoms. The van der Waals surface area contributed by atoms with Gasteiger partial charge in [0, 0.05) is 6.54 Å². The van der Waals surface area contributed by atoms with E-state index in [9.17, 15) is 4.79 Å². The van der Waals surface area contributed by atoms with E-state index in [4.69, 9.17) is 4.42 Å². The minimum atomic E-state index is -0.231. The van der Waals surface area contributed by atoms with Crippen molar-refractivity contribution in [2.24, 2.45) is 5.41 Å². The van der Waals surface area contributed by atoms with E-state index in [1.165, 1.54) is 0 Å². The number of carbonyl (C=O) groups excluding carboxylic acids is 1. The van der Waals surface area contributed by atoms with E-state index < -0.39 is 0 Å². The highest BCUT2D eigenvalue weighted by molar-refractivity contribution is 5.82. The SMILES string of the molecule is CCC1(C(=O)NCc2ccco2)CCCNC1. The largest absolute Gasteiger partial charge is 0.467 e. The maximum Gasteiger partial charge on any atom is 0.227 e. The number of hydrogen-bond acceptors (Lipinski definition) is 3. The molecule has 1 aliphatic heterocycles. The number of amides is 1. The van der Waals surface area contributed by atoms with Crippen LogP contribution in [-0.4, -0.2) is 19.0 Å². The van der Waals surface area contributed by atoms with Gasteiger partial charge in [0.2, 0.25) is 5.91 Å². The van der Waals surface area contributed by atoms with Crippen molar-refractivity contribution in [2.75, 3.05) is 13.1 Å². The highest BCUT2D eigenvalue weighted by atomic mass is 16.3. The van der Waals surface area contributed by atoms with Crippen LogP contribution in [0.15, 0.2) is 22.8 Å². The van der Waals surface area contributed by atoms with E-state index in [1.807, 2.05) is 12.1 Å². The van der Waals surface area contributed by atoms with Crippen LogP contribution in [0.1, 0.15) is 31.9 Å². The maximum atomic E-state index is 12.3. The summed E-state index contributed by atoms with van der Waals surface area (Å²) in [7, 11) is 0. The van der Waals surface area contributed by atoms with Crippen molar-refractivity contribution in [3.05, 3.63) is 24.2 Å². The molecule has 0 aromatic carbocycles. The van der Waals surface area contributed by atoms with Crippen LogP contribution >= 0.6 is 0 Å². The van der Waals surface area contributed by atoms with Crippen LogP contribution in [0, 0.1) is 5.41 Å². The zero-order valence-corrected chi connectivity index (χ0v) is 10.3. The number of hydrogen-bond donors (Lipinski definition) is 2.